The number of fused-ring (bicyclic) bond motifs is 3. The van der Waals surface area contributed by atoms with E-state index in [4.69, 9.17) is 9.15 Å². The molecule has 5 rings (SSSR count). The van der Waals surface area contributed by atoms with Crippen molar-refractivity contribution in [1.82, 2.24) is 0 Å². The molecule has 0 saturated heterocycles. The maximum atomic E-state index is 11.8. The summed E-state index contributed by atoms with van der Waals surface area (Å²) < 4.78 is 11.8. The zero-order valence-electron chi connectivity index (χ0n) is 11.2. The quantitative estimate of drug-likeness (QED) is 0.688. The Hall–Kier alpha value is -1.77. The minimum atomic E-state index is -0.246. The summed E-state index contributed by atoms with van der Waals surface area (Å²) in [7, 11) is 0. The molecule has 1 aromatic carbocycles. The maximum Gasteiger partial charge on any atom is 0.336 e. The van der Waals surface area contributed by atoms with E-state index in [0.717, 1.165) is 35.5 Å². The van der Waals surface area contributed by atoms with Gasteiger partial charge in [0.2, 0.25) is 0 Å². The van der Waals surface area contributed by atoms with Gasteiger partial charge in [-0.25, -0.2) is 4.79 Å². The van der Waals surface area contributed by atoms with E-state index in [9.17, 15) is 4.79 Å². The van der Waals surface area contributed by atoms with Crippen LogP contribution in [0.5, 0.6) is 5.75 Å². The van der Waals surface area contributed by atoms with Crippen LogP contribution in [-0.2, 0) is 6.42 Å². The van der Waals surface area contributed by atoms with Gasteiger partial charge in [-0.15, -0.1) is 0 Å². The molecule has 2 aromatic rings. The van der Waals surface area contributed by atoms with Crippen molar-refractivity contribution in [3.8, 4) is 5.75 Å². The normalized spacial score (nSPS) is 33.8. The summed E-state index contributed by atoms with van der Waals surface area (Å²) in [6, 6.07) is 7.45. The van der Waals surface area contributed by atoms with E-state index in [1.807, 2.05) is 18.2 Å². The molecule has 3 heteroatoms. The van der Waals surface area contributed by atoms with Gasteiger partial charge in [0, 0.05) is 12.5 Å². The Labute approximate surface area is 116 Å². The maximum absolute atomic E-state index is 11.8. The molecule has 1 aromatic heterocycles. The van der Waals surface area contributed by atoms with Crippen molar-refractivity contribution in [1.29, 1.82) is 0 Å². The van der Waals surface area contributed by atoms with Crippen LogP contribution in [0, 0.1) is 11.8 Å². The Kier molecular flexibility index (Phi) is 1.89. The van der Waals surface area contributed by atoms with Crippen LogP contribution in [-0.4, -0.2) is 5.60 Å². The molecule has 20 heavy (non-hydrogen) atoms. The van der Waals surface area contributed by atoms with Gasteiger partial charge in [-0.1, -0.05) is 6.07 Å². The summed E-state index contributed by atoms with van der Waals surface area (Å²) in [5, 5.41) is 1.00. The molecule has 1 aliphatic heterocycles. The van der Waals surface area contributed by atoms with Crippen molar-refractivity contribution < 1.29 is 9.15 Å². The fraction of sp³-hybridized carbons (Fsp3) is 0.471. The summed E-state index contributed by atoms with van der Waals surface area (Å²) in [5.41, 5.74) is 1.47. The third-order valence-electron chi connectivity index (χ3n) is 5.53. The average Bonchev–Trinajstić information content (AvgIpc) is 2.98. The molecule has 0 amide bonds. The smallest absolute Gasteiger partial charge is 0.336 e. The van der Waals surface area contributed by atoms with E-state index in [1.54, 1.807) is 6.07 Å². The third-order valence-corrected chi connectivity index (χ3v) is 5.53. The number of hydrogen-bond donors (Lipinski definition) is 0. The SMILES string of the molecule is O=c1cc2c3c(cccc3o1)OC1(C2)CC2CCC1C2. The fourth-order valence-corrected chi connectivity index (χ4v) is 4.80. The first-order valence-corrected chi connectivity index (χ1v) is 7.48. The zero-order valence-corrected chi connectivity index (χ0v) is 11.2. The highest BCUT2D eigenvalue weighted by Crippen LogP contribution is 2.56. The zero-order chi connectivity index (χ0) is 13.3. The molecule has 3 nitrogen and oxygen atoms in total. The van der Waals surface area contributed by atoms with Gasteiger partial charge < -0.3 is 9.15 Å². The predicted octanol–water partition coefficient (Wildman–Crippen LogP) is 3.29. The molecule has 1 spiro atoms. The van der Waals surface area contributed by atoms with E-state index in [0.29, 0.717) is 11.5 Å². The average molecular weight is 268 g/mol. The minimum absolute atomic E-state index is 0.0575. The molecule has 2 aliphatic carbocycles. The second-order valence-corrected chi connectivity index (χ2v) is 6.64. The standard InChI is InChI=1S/C17H16O3/c18-15-7-11-9-17(8-10-4-5-12(17)6-10)20-14-3-1-2-13(19-15)16(11)14/h1-3,7,10,12H,4-6,8-9H2. The molecule has 2 heterocycles. The van der Waals surface area contributed by atoms with Crippen LogP contribution >= 0.6 is 0 Å². The highest BCUT2D eigenvalue weighted by Gasteiger charge is 2.54. The molecule has 3 atom stereocenters. The van der Waals surface area contributed by atoms with Gasteiger partial charge >= 0.3 is 5.63 Å². The molecule has 0 N–H and O–H groups in total. The molecule has 3 unspecified atom stereocenters. The van der Waals surface area contributed by atoms with E-state index < -0.39 is 0 Å². The Balaban J connectivity index is 1.74. The summed E-state index contributed by atoms with van der Waals surface area (Å²) in [5.74, 6) is 2.38. The fourth-order valence-electron chi connectivity index (χ4n) is 4.80. The first kappa shape index (κ1) is 11.0. The van der Waals surface area contributed by atoms with Crippen molar-refractivity contribution in [2.24, 2.45) is 11.8 Å². The molecule has 2 saturated carbocycles. The van der Waals surface area contributed by atoms with Crippen LogP contribution in [0.15, 0.2) is 33.5 Å². The van der Waals surface area contributed by atoms with E-state index in [1.165, 1.54) is 19.3 Å². The van der Waals surface area contributed by atoms with E-state index >= 15 is 0 Å². The lowest BCUT2D eigenvalue weighted by molar-refractivity contribution is 0.0103. The Morgan fingerprint density at radius 2 is 2.20 bits per heavy atom. The minimum Gasteiger partial charge on any atom is -0.486 e. The van der Waals surface area contributed by atoms with Gasteiger partial charge in [0.05, 0.1) is 5.39 Å². The van der Waals surface area contributed by atoms with Crippen molar-refractivity contribution in [3.05, 3.63) is 40.2 Å². The van der Waals surface area contributed by atoms with Crippen LogP contribution in [0.2, 0.25) is 0 Å². The molecular weight excluding hydrogens is 252 g/mol. The topological polar surface area (TPSA) is 39.4 Å². The molecular formula is C17H16O3. The van der Waals surface area contributed by atoms with E-state index in [2.05, 4.69) is 0 Å². The largest absolute Gasteiger partial charge is 0.486 e. The third kappa shape index (κ3) is 1.28. The van der Waals surface area contributed by atoms with Crippen LogP contribution in [0.1, 0.15) is 31.2 Å². The Morgan fingerprint density at radius 3 is 3.00 bits per heavy atom. The number of rotatable bonds is 0. The molecule has 102 valence electrons. The van der Waals surface area contributed by atoms with Gasteiger partial charge in [0.1, 0.15) is 16.9 Å². The first-order chi connectivity index (χ1) is 9.73. The van der Waals surface area contributed by atoms with Crippen molar-refractivity contribution in [3.63, 3.8) is 0 Å². The molecule has 2 bridgehead atoms. The lowest BCUT2D eigenvalue weighted by atomic mass is 9.77. The van der Waals surface area contributed by atoms with Crippen LogP contribution in [0.4, 0.5) is 0 Å². The molecule has 2 fully saturated rings. The number of ether oxygens (including phenoxy) is 1. The van der Waals surface area contributed by atoms with Crippen LogP contribution in [0.3, 0.4) is 0 Å². The van der Waals surface area contributed by atoms with Gasteiger partial charge in [-0.3, -0.25) is 0 Å². The number of benzene rings is 1. The monoisotopic (exact) mass is 268 g/mol. The lowest BCUT2D eigenvalue weighted by Gasteiger charge is -2.41. The summed E-state index contributed by atoms with van der Waals surface area (Å²) in [6.45, 7) is 0. The van der Waals surface area contributed by atoms with Crippen LogP contribution < -0.4 is 10.4 Å². The first-order valence-electron chi connectivity index (χ1n) is 7.48. The molecule has 3 aliphatic rings. The van der Waals surface area contributed by atoms with Gasteiger partial charge in [-0.05, 0) is 55.2 Å². The lowest BCUT2D eigenvalue weighted by Crippen LogP contribution is -2.45. The van der Waals surface area contributed by atoms with Gasteiger partial charge in [0.25, 0.3) is 0 Å². The highest BCUT2D eigenvalue weighted by molar-refractivity contribution is 5.87. The van der Waals surface area contributed by atoms with E-state index in [-0.39, 0.29) is 11.2 Å². The summed E-state index contributed by atoms with van der Waals surface area (Å²) in [6.07, 6.45) is 5.94. The summed E-state index contributed by atoms with van der Waals surface area (Å²) >= 11 is 0. The van der Waals surface area contributed by atoms with Crippen molar-refractivity contribution in [2.45, 2.75) is 37.7 Å². The second kappa shape index (κ2) is 3.46. The predicted molar refractivity (Wildman–Crippen MR) is 75.0 cm³/mol. The highest BCUT2D eigenvalue weighted by atomic mass is 16.5. The Bertz CT molecular complexity index is 775. The van der Waals surface area contributed by atoms with Gasteiger partial charge in [0.15, 0.2) is 0 Å². The van der Waals surface area contributed by atoms with Crippen molar-refractivity contribution >= 4 is 11.0 Å². The Morgan fingerprint density at radius 1 is 1.25 bits per heavy atom. The number of hydrogen-bond acceptors (Lipinski definition) is 3. The summed E-state index contributed by atoms with van der Waals surface area (Å²) in [4.78, 5) is 11.8. The van der Waals surface area contributed by atoms with Gasteiger partial charge in [-0.2, -0.15) is 0 Å². The molecule has 0 radical (unpaired) electrons. The second-order valence-electron chi connectivity index (χ2n) is 6.64. The van der Waals surface area contributed by atoms with Crippen LogP contribution in [0.25, 0.3) is 11.0 Å². The van der Waals surface area contributed by atoms with Crippen molar-refractivity contribution in [2.75, 3.05) is 0 Å².